The summed E-state index contributed by atoms with van der Waals surface area (Å²) in [6.45, 7) is -0.355. The molecule has 0 aliphatic carbocycles. The number of alkyl halides is 1. The summed E-state index contributed by atoms with van der Waals surface area (Å²) in [7, 11) is 0. The number of rotatable bonds is 3. The molecule has 2 N–H and O–H groups in total. The number of carbonyl (C=O) groups is 2. The molecule has 2 unspecified atom stereocenters. The summed E-state index contributed by atoms with van der Waals surface area (Å²) in [6, 6.07) is 6.90. The number of nitrogens with one attached hydrogen (secondary N) is 2. The minimum atomic E-state index is -1.19. The number of nitrogens with zero attached hydrogens (tertiary/aromatic N) is 2. The van der Waals surface area contributed by atoms with E-state index >= 15 is 0 Å². The summed E-state index contributed by atoms with van der Waals surface area (Å²) in [6.07, 6.45) is 0.439. The van der Waals surface area contributed by atoms with Crippen LogP contribution < -0.4 is 8.59 Å². The number of hydrogen-bond donors (Lipinski definition) is 2. The van der Waals surface area contributed by atoms with Gasteiger partial charge in [-0.25, -0.2) is 4.39 Å². The van der Waals surface area contributed by atoms with E-state index < -0.39 is 18.1 Å². The number of likely N-dealkylation sites (tertiary alicyclic amines) is 1. The van der Waals surface area contributed by atoms with E-state index in [1.165, 1.54) is 4.90 Å². The zero-order chi connectivity index (χ0) is 17.3. The molecule has 0 saturated carbocycles. The van der Waals surface area contributed by atoms with Gasteiger partial charge in [-0.05, 0) is 0 Å². The molecule has 1 fully saturated rings. The average Bonchev–Trinajstić information content (AvgIpc) is 3.14. The van der Waals surface area contributed by atoms with E-state index in [2.05, 4.69) is 10.3 Å². The number of aromatic amines is 1. The summed E-state index contributed by atoms with van der Waals surface area (Å²) in [5, 5.41) is 12.3. The second-order valence-corrected chi connectivity index (χ2v) is 7.30. The van der Waals surface area contributed by atoms with Gasteiger partial charge in [0.05, 0.1) is 0 Å². The van der Waals surface area contributed by atoms with Crippen LogP contribution in [0.3, 0.4) is 0 Å². The van der Waals surface area contributed by atoms with E-state index in [4.69, 9.17) is 5.26 Å². The van der Waals surface area contributed by atoms with Crippen LogP contribution in [0.2, 0.25) is 0 Å². The van der Waals surface area contributed by atoms with Gasteiger partial charge in [-0.15, -0.1) is 0 Å². The van der Waals surface area contributed by atoms with Crippen LogP contribution in [0.5, 0.6) is 0 Å². The van der Waals surface area contributed by atoms with Gasteiger partial charge in [-0.2, -0.15) is 5.26 Å². The fraction of sp³-hybridized carbons (Fsp3) is 0.312. The fourth-order valence-electron chi connectivity index (χ4n) is 2.82. The molecule has 1 aliphatic heterocycles. The Hall–Kier alpha value is -2.00. The number of halogens is 1. The van der Waals surface area contributed by atoms with Gasteiger partial charge >= 0.3 is 143 Å². The Morgan fingerprint density at radius 1 is 1.50 bits per heavy atom. The molecule has 124 valence electrons. The number of benzene rings is 1. The van der Waals surface area contributed by atoms with Crippen molar-refractivity contribution in [1.29, 1.82) is 5.26 Å². The molecule has 1 aromatic carbocycles. The van der Waals surface area contributed by atoms with Crippen molar-refractivity contribution in [3.63, 3.8) is 0 Å². The second-order valence-electron chi connectivity index (χ2n) is 5.60. The summed E-state index contributed by atoms with van der Waals surface area (Å²) in [5.41, 5.74) is 1.31. The van der Waals surface area contributed by atoms with Gasteiger partial charge in [0, 0.05) is 0 Å². The normalized spacial score (nSPS) is 20.1. The first-order valence-electron chi connectivity index (χ1n) is 7.37. The molecule has 6 nitrogen and oxygen atoms in total. The molecule has 1 aromatic heterocycles. The van der Waals surface area contributed by atoms with Crippen molar-refractivity contribution >= 4 is 26.0 Å². The van der Waals surface area contributed by atoms with Crippen LogP contribution in [0, 0.1) is 36.1 Å². The Kier molecular flexibility index (Phi) is 4.81. The molecule has 0 radical (unpaired) electrons. The third-order valence-corrected chi connectivity index (χ3v) is 4.92. The Labute approximate surface area is 152 Å². The Balaban J connectivity index is 1.67. The number of hydrogen-bond acceptors (Lipinski definition) is 3. The van der Waals surface area contributed by atoms with Crippen LogP contribution in [-0.4, -0.2) is 47.0 Å². The molecule has 2 heterocycles. The standard InChI is InChI=1S/C16H14AtFN4O2/c17-9-1-2-12-13(6-20-14(12)3-9)16(24)21-7-15(23)22-8-10(18)4-11(22)5-19/h1-3,6,10-11,20H,4,7-8H2,(H,21,24). The van der Waals surface area contributed by atoms with Crippen LogP contribution in [0.4, 0.5) is 4.39 Å². The molecular formula is C16H14AtFN4O2. The number of aromatic nitrogens is 1. The Morgan fingerprint density at radius 3 is 3.04 bits per heavy atom. The van der Waals surface area contributed by atoms with Crippen LogP contribution in [0.1, 0.15) is 16.8 Å². The van der Waals surface area contributed by atoms with E-state index in [0.717, 1.165) is 14.2 Å². The molecule has 0 bridgehead atoms. The third kappa shape index (κ3) is 3.27. The van der Waals surface area contributed by atoms with E-state index in [9.17, 15) is 14.0 Å². The molecule has 1 saturated heterocycles. The predicted octanol–water partition coefficient (Wildman–Crippen LogP) is 0.535. The minimum absolute atomic E-state index is 0.0271. The molecular weight excluding hydrogens is 509 g/mol. The zero-order valence-electron chi connectivity index (χ0n) is 12.6. The van der Waals surface area contributed by atoms with Crippen molar-refractivity contribution in [3.05, 3.63) is 30.0 Å². The number of carbonyl (C=O) groups excluding carboxylic acids is 2. The third-order valence-electron chi connectivity index (χ3n) is 4.01. The summed E-state index contributed by atoms with van der Waals surface area (Å²) in [4.78, 5) is 28.7. The molecule has 0 spiro atoms. The summed E-state index contributed by atoms with van der Waals surface area (Å²) < 4.78 is 14.5. The van der Waals surface area contributed by atoms with E-state index in [-0.39, 0.29) is 25.4 Å². The molecule has 24 heavy (non-hydrogen) atoms. The fourth-order valence-corrected chi connectivity index (χ4v) is 3.49. The number of fused-ring (bicyclic) bond motifs is 1. The number of amides is 2. The molecule has 2 amide bonds. The molecule has 1 aliphatic rings. The van der Waals surface area contributed by atoms with Gasteiger partial charge in [0.15, 0.2) is 0 Å². The first-order chi connectivity index (χ1) is 11.5. The predicted molar refractivity (Wildman–Crippen MR) is 80.9 cm³/mol. The van der Waals surface area contributed by atoms with Gasteiger partial charge in [0.1, 0.15) is 0 Å². The second kappa shape index (κ2) is 6.86. The van der Waals surface area contributed by atoms with Gasteiger partial charge in [-0.3, -0.25) is 0 Å². The van der Waals surface area contributed by atoms with Gasteiger partial charge < -0.3 is 0 Å². The van der Waals surface area contributed by atoms with Crippen molar-refractivity contribution in [2.24, 2.45) is 0 Å². The Bertz CT molecular complexity index is 844. The maximum atomic E-state index is 13.4. The first kappa shape index (κ1) is 16.8. The van der Waals surface area contributed by atoms with Crippen molar-refractivity contribution in [1.82, 2.24) is 15.2 Å². The van der Waals surface area contributed by atoms with Crippen LogP contribution >= 0.6 is 0 Å². The van der Waals surface area contributed by atoms with E-state index in [1.807, 2.05) is 24.3 Å². The molecule has 2 atom stereocenters. The van der Waals surface area contributed by atoms with Crippen molar-refractivity contribution in [2.75, 3.05) is 13.1 Å². The van der Waals surface area contributed by atoms with Crippen molar-refractivity contribution in [3.8, 4) is 6.07 Å². The quantitative estimate of drug-likeness (QED) is 0.616. The topological polar surface area (TPSA) is 89.0 Å². The Morgan fingerprint density at radius 2 is 2.29 bits per heavy atom. The monoisotopic (exact) mass is 523 g/mol. The van der Waals surface area contributed by atoms with Crippen molar-refractivity contribution in [2.45, 2.75) is 18.6 Å². The first-order valence-corrected chi connectivity index (χ1v) is 8.84. The SMILES string of the molecule is N#CC1CC(F)CN1C(=O)CNC(=O)c1c[nH]c2cc([At])ccc12. The number of H-pyrrole nitrogens is 1. The molecule has 8 heteroatoms. The molecule has 2 aromatic rings. The zero-order valence-corrected chi connectivity index (χ0v) is 15.5. The van der Waals surface area contributed by atoms with E-state index in [1.54, 1.807) is 30.9 Å². The maximum absolute atomic E-state index is 13.4. The van der Waals surface area contributed by atoms with Gasteiger partial charge in [-0.1, -0.05) is 0 Å². The van der Waals surface area contributed by atoms with Gasteiger partial charge in [0.25, 0.3) is 0 Å². The van der Waals surface area contributed by atoms with E-state index in [0.29, 0.717) is 5.56 Å². The van der Waals surface area contributed by atoms with Crippen molar-refractivity contribution < 1.29 is 38.7 Å². The molecule has 3 rings (SSSR count). The average molecular weight is 523 g/mol. The number of nitriles is 1. The van der Waals surface area contributed by atoms with Crippen LogP contribution in [-0.2, 0) is 4.79 Å². The van der Waals surface area contributed by atoms with Gasteiger partial charge in [0.2, 0.25) is 0 Å². The van der Waals surface area contributed by atoms with Crippen LogP contribution in [0.25, 0.3) is 10.9 Å². The summed E-state index contributed by atoms with van der Waals surface area (Å²) in [5.74, 6) is -0.832. The van der Waals surface area contributed by atoms with Crippen LogP contribution in [0.15, 0.2) is 24.4 Å². The summed E-state index contributed by atoms with van der Waals surface area (Å²) >= 11 is 1.54.